The third kappa shape index (κ3) is 24.2. The van der Waals surface area contributed by atoms with Crippen molar-refractivity contribution in [3.63, 3.8) is 0 Å². The number of aliphatic hydroxyl groups excluding tert-OH is 8. The molecule has 632 valence electrons. The Bertz CT molecular complexity index is 4900. The van der Waals surface area contributed by atoms with Gasteiger partial charge in [0.15, 0.2) is 0 Å². The van der Waals surface area contributed by atoms with Gasteiger partial charge in [-0.15, -0.1) is 0 Å². The fourth-order valence-electron chi connectivity index (χ4n) is 15.1. The van der Waals surface area contributed by atoms with Crippen LogP contribution in [0.4, 0.5) is 17.6 Å². The van der Waals surface area contributed by atoms with Gasteiger partial charge in [-0.3, -0.25) is 19.2 Å². The van der Waals surface area contributed by atoms with Gasteiger partial charge in [0.05, 0.1) is 74.5 Å². The molecule has 20 nitrogen and oxygen atoms in total. The lowest BCUT2D eigenvalue weighted by Crippen LogP contribution is -2.19. The summed E-state index contributed by atoms with van der Waals surface area (Å²) in [5.41, 5.74) is 14.6. The van der Waals surface area contributed by atoms with Crippen LogP contribution in [0.25, 0.3) is 112 Å². The topological polar surface area (TPSA) is 331 Å². The molecule has 0 saturated heterocycles. The highest BCUT2D eigenvalue weighted by Gasteiger charge is 2.26. The molecule has 0 spiro atoms. The number of aromatic nitrogens is 4. The molecule has 8 aromatic carbocycles. The molecule has 4 heterocycles. The molecule has 0 bridgehead atoms. The average Bonchev–Trinajstić information content (AvgIpc) is 1.62. The zero-order chi connectivity index (χ0) is 87.3. The molecule has 0 saturated carbocycles. The van der Waals surface area contributed by atoms with E-state index in [0.717, 1.165) is 111 Å². The van der Waals surface area contributed by atoms with E-state index in [9.17, 15) is 77.6 Å². The second-order valence-electron chi connectivity index (χ2n) is 30.6. The molecule has 0 unspecified atom stereocenters. The minimum absolute atomic E-state index is 0.0728. The first-order valence-electron chi connectivity index (χ1n) is 39.7. The summed E-state index contributed by atoms with van der Waals surface area (Å²) in [6.45, 7) is 16.5. The number of aliphatic carboxylic acids is 4. The van der Waals surface area contributed by atoms with Crippen LogP contribution in [0.15, 0.2) is 218 Å². The molecule has 24 heteroatoms. The standard InChI is InChI=1S/4C24H26FNO4/c4*1-15(2)26-21-6-4-3-5-20(21)24(16-7-9-17(25)10-8-16)22(26)12-11-18(27)13-19(28)14-23(29)30/h4*3-12,15,18-19,27-28H,13-14H2,1-2H3,(H,29,30)/b4*12-11+/t4*18-,19-/m1111/s1. The molecule has 8 atom stereocenters. The van der Waals surface area contributed by atoms with E-state index in [1.54, 1.807) is 97.1 Å². The van der Waals surface area contributed by atoms with Crippen molar-refractivity contribution < 1.29 is 98.0 Å². The molecule has 0 aliphatic heterocycles. The first-order valence-corrected chi connectivity index (χ1v) is 39.7. The van der Waals surface area contributed by atoms with E-state index in [0.29, 0.717) is 0 Å². The summed E-state index contributed by atoms with van der Waals surface area (Å²) in [7, 11) is 0. The molecular formula is C96H104F4N4O16. The van der Waals surface area contributed by atoms with Crippen molar-refractivity contribution in [1.29, 1.82) is 0 Å². The summed E-state index contributed by atoms with van der Waals surface area (Å²) in [4.78, 5) is 42.9. The maximum absolute atomic E-state index is 13.5. The van der Waals surface area contributed by atoms with Gasteiger partial charge in [0.2, 0.25) is 0 Å². The van der Waals surface area contributed by atoms with Crippen LogP contribution in [0.1, 0.15) is 154 Å². The number of carbonyl (C=O) groups is 4. The van der Waals surface area contributed by atoms with Crippen molar-refractivity contribution in [3.8, 4) is 44.5 Å². The number of nitrogens with zero attached hydrogens (tertiary/aromatic N) is 4. The molecule has 120 heavy (non-hydrogen) atoms. The number of benzene rings is 8. The number of hydrogen-bond donors (Lipinski definition) is 12. The highest BCUT2D eigenvalue weighted by Crippen LogP contribution is 2.43. The monoisotopic (exact) mass is 1640 g/mol. The lowest BCUT2D eigenvalue weighted by Gasteiger charge is -2.15. The number of halogens is 4. The van der Waals surface area contributed by atoms with Gasteiger partial charge in [0.1, 0.15) is 23.3 Å². The Balaban J connectivity index is 0.000000182. The van der Waals surface area contributed by atoms with Crippen molar-refractivity contribution in [2.75, 3.05) is 0 Å². The fraction of sp³-hybridized carbons (Fsp3) is 0.292. The van der Waals surface area contributed by atoms with Gasteiger partial charge in [-0.25, -0.2) is 17.6 Å². The SMILES string of the molecule is CC(C)n1c(/C=C/[C@@H](O)C[C@@H](O)CC(=O)O)c(-c2ccc(F)cc2)c2ccccc21.CC(C)n1c(/C=C/[C@@H](O)C[C@@H](O)CC(=O)O)c(-c2ccc(F)cc2)c2ccccc21.CC(C)n1c(/C=C/[C@@H](O)C[C@@H](O)CC(=O)O)c(-c2ccc(F)cc2)c2ccccc21.CC(C)n1c(/C=C/[C@@H](O)C[C@@H](O)CC(=O)O)c(-c2ccc(F)cc2)c2ccccc21. The van der Waals surface area contributed by atoms with E-state index >= 15 is 0 Å². The summed E-state index contributed by atoms with van der Waals surface area (Å²) in [6.07, 6.45) is 2.91. The summed E-state index contributed by atoms with van der Waals surface area (Å²) >= 11 is 0. The Hall–Kier alpha value is -11.8. The molecule has 12 rings (SSSR count). The minimum atomic E-state index is -1.13. The summed E-state index contributed by atoms with van der Waals surface area (Å²) < 4.78 is 62.6. The average molecular weight is 1650 g/mol. The molecule has 0 radical (unpaired) electrons. The molecule has 12 N–H and O–H groups in total. The van der Waals surface area contributed by atoms with Gasteiger partial charge in [-0.2, -0.15) is 0 Å². The maximum Gasteiger partial charge on any atom is 0.305 e. The molecule has 0 aliphatic rings. The molecule has 0 fully saturated rings. The summed E-state index contributed by atoms with van der Waals surface area (Å²) in [6, 6.07) is 57.4. The van der Waals surface area contributed by atoms with Crippen LogP contribution in [-0.4, -0.2) is 152 Å². The lowest BCUT2D eigenvalue weighted by atomic mass is 10.0. The number of rotatable bonds is 32. The van der Waals surface area contributed by atoms with Gasteiger partial charge in [0, 0.05) is 138 Å². The number of aliphatic hydroxyl groups is 8. The van der Waals surface area contributed by atoms with Gasteiger partial charge >= 0.3 is 23.9 Å². The fourth-order valence-corrected chi connectivity index (χ4v) is 15.1. The second-order valence-corrected chi connectivity index (χ2v) is 30.6. The van der Waals surface area contributed by atoms with Gasteiger partial charge in [0.25, 0.3) is 0 Å². The third-order valence-corrected chi connectivity index (χ3v) is 20.0. The molecule has 0 amide bonds. The van der Waals surface area contributed by atoms with Crippen molar-refractivity contribution >= 4 is 91.8 Å². The number of carboxylic acids is 4. The Labute approximate surface area is 693 Å². The highest BCUT2D eigenvalue weighted by molar-refractivity contribution is 6.04. The Morgan fingerprint density at radius 1 is 0.275 bits per heavy atom. The zero-order valence-corrected chi connectivity index (χ0v) is 68.0. The van der Waals surface area contributed by atoms with E-state index in [2.05, 4.69) is 73.7 Å². The predicted octanol–water partition coefficient (Wildman–Crippen LogP) is 18.5. The van der Waals surface area contributed by atoms with Crippen LogP contribution < -0.4 is 0 Å². The van der Waals surface area contributed by atoms with Crippen LogP contribution in [0.2, 0.25) is 0 Å². The Morgan fingerprint density at radius 3 is 0.600 bits per heavy atom. The molecule has 4 aromatic heterocycles. The number of para-hydroxylation sites is 4. The largest absolute Gasteiger partial charge is 0.481 e. The minimum Gasteiger partial charge on any atom is -0.481 e. The van der Waals surface area contributed by atoms with Crippen molar-refractivity contribution in [2.45, 2.75) is 180 Å². The van der Waals surface area contributed by atoms with E-state index in [1.165, 1.54) is 48.5 Å². The first-order chi connectivity index (χ1) is 57.1. The predicted molar refractivity (Wildman–Crippen MR) is 463 cm³/mol. The van der Waals surface area contributed by atoms with Gasteiger partial charge < -0.3 is 79.5 Å². The zero-order valence-electron chi connectivity index (χ0n) is 68.0. The quantitative estimate of drug-likeness (QED) is 0.0174. The molecule has 12 aromatic rings. The van der Waals surface area contributed by atoms with Gasteiger partial charge in [-0.05, 0) is 175 Å². The molecule has 0 aliphatic carbocycles. The second kappa shape index (κ2) is 42.7. The Morgan fingerprint density at radius 2 is 0.442 bits per heavy atom. The number of fused-ring (bicyclic) bond motifs is 4. The number of hydrogen-bond acceptors (Lipinski definition) is 12. The van der Waals surface area contributed by atoms with Gasteiger partial charge in [-0.1, -0.05) is 146 Å². The van der Waals surface area contributed by atoms with Crippen molar-refractivity contribution in [3.05, 3.63) is 264 Å². The highest BCUT2D eigenvalue weighted by atomic mass is 19.1. The molecular weight excluding hydrogens is 1540 g/mol. The Kier molecular flexibility index (Phi) is 32.8. The van der Waals surface area contributed by atoms with Crippen LogP contribution in [-0.2, 0) is 19.2 Å². The third-order valence-electron chi connectivity index (χ3n) is 20.0. The maximum atomic E-state index is 13.5. The van der Waals surface area contributed by atoms with E-state index < -0.39 is 98.4 Å². The van der Waals surface area contributed by atoms with E-state index in [4.69, 9.17) is 20.4 Å². The summed E-state index contributed by atoms with van der Waals surface area (Å²) in [5.74, 6) is -5.71. The normalized spacial score (nSPS) is 13.9. The summed E-state index contributed by atoms with van der Waals surface area (Å²) in [5, 5.41) is 119. The van der Waals surface area contributed by atoms with Crippen LogP contribution in [0, 0.1) is 23.3 Å². The van der Waals surface area contributed by atoms with Crippen LogP contribution in [0.3, 0.4) is 0 Å². The van der Waals surface area contributed by atoms with Crippen molar-refractivity contribution in [1.82, 2.24) is 18.3 Å². The van der Waals surface area contributed by atoms with Crippen molar-refractivity contribution in [2.24, 2.45) is 0 Å². The first kappa shape index (κ1) is 92.0. The van der Waals surface area contributed by atoms with E-state index in [1.807, 2.05) is 97.1 Å². The van der Waals surface area contributed by atoms with Crippen LogP contribution >= 0.6 is 0 Å². The number of carboxylic acid groups (broad SMARTS) is 4. The van der Waals surface area contributed by atoms with Crippen LogP contribution in [0.5, 0.6) is 0 Å². The smallest absolute Gasteiger partial charge is 0.305 e. The lowest BCUT2D eigenvalue weighted by molar-refractivity contribution is -0.140. The van der Waals surface area contributed by atoms with E-state index in [-0.39, 0.29) is 73.1 Å².